The number of nitrogens with one attached hydrogen (secondary N) is 1. The smallest absolute Gasteiger partial charge is 0.246 e. The number of hydrogen-bond donors (Lipinski definition) is 1. The summed E-state index contributed by atoms with van der Waals surface area (Å²) in [4.78, 5) is 6.88. The molecule has 2 heterocycles. The number of halogens is 1. The summed E-state index contributed by atoms with van der Waals surface area (Å²) in [5.41, 5.74) is 0.823. The first-order chi connectivity index (χ1) is 10.5. The Labute approximate surface area is 128 Å². The fraction of sp³-hybridized carbons (Fsp3) is 0.357. The Balaban J connectivity index is 2.02. The normalized spacial score (nSPS) is 20.2. The number of aryl methyl sites for hydroxylation is 1. The van der Waals surface area contributed by atoms with Gasteiger partial charge in [-0.15, -0.1) is 0 Å². The maximum absolute atomic E-state index is 13.9. The summed E-state index contributed by atoms with van der Waals surface area (Å²) in [6, 6.07) is 4.78. The van der Waals surface area contributed by atoms with Crippen molar-refractivity contribution in [3.8, 4) is 0 Å². The Hall–Kier alpha value is -1.77. The minimum Gasteiger partial charge on any atom is -0.378 e. The number of aromatic amines is 1. The van der Waals surface area contributed by atoms with Crippen molar-refractivity contribution < 1.29 is 17.5 Å². The summed E-state index contributed by atoms with van der Waals surface area (Å²) >= 11 is 0. The molecule has 22 heavy (non-hydrogen) atoms. The minimum absolute atomic E-state index is 0.154. The average molecular weight is 325 g/mol. The van der Waals surface area contributed by atoms with E-state index in [2.05, 4.69) is 9.97 Å². The van der Waals surface area contributed by atoms with Crippen LogP contribution in [0.25, 0.3) is 0 Å². The van der Waals surface area contributed by atoms with Gasteiger partial charge >= 0.3 is 0 Å². The van der Waals surface area contributed by atoms with Gasteiger partial charge in [-0.1, -0.05) is 12.1 Å². The summed E-state index contributed by atoms with van der Waals surface area (Å²) in [6.07, 6.45) is 1.62. The second kappa shape index (κ2) is 5.79. The molecule has 1 aliphatic heterocycles. The molecule has 1 aliphatic rings. The van der Waals surface area contributed by atoms with Gasteiger partial charge in [0.2, 0.25) is 10.0 Å². The van der Waals surface area contributed by atoms with E-state index < -0.39 is 21.9 Å². The second-order valence-corrected chi connectivity index (χ2v) is 6.95. The number of imidazole rings is 1. The zero-order valence-corrected chi connectivity index (χ0v) is 12.8. The molecule has 0 bridgehead atoms. The maximum atomic E-state index is 13.9. The molecular weight excluding hydrogens is 309 g/mol. The molecule has 1 aromatic carbocycles. The van der Waals surface area contributed by atoms with Gasteiger partial charge in [0.15, 0.2) is 0 Å². The summed E-state index contributed by atoms with van der Waals surface area (Å²) in [7, 11) is -3.96. The largest absolute Gasteiger partial charge is 0.378 e. The van der Waals surface area contributed by atoms with Gasteiger partial charge in [0.25, 0.3) is 0 Å². The SMILES string of the molecule is Cc1cnc([C@H]2COCCN2S(=O)(=O)c2ccccc2F)[nH]1. The molecule has 1 N–H and O–H groups in total. The van der Waals surface area contributed by atoms with Crippen LogP contribution in [0, 0.1) is 12.7 Å². The van der Waals surface area contributed by atoms with E-state index in [-0.39, 0.29) is 24.7 Å². The maximum Gasteiger partial charge on any atom is 0.246 e. The summed E-state index contributed by atoms with van der Waals surface area (Å²) < 4.78 is 46.1. The highest BCUT2D eigenvalue weighted by Gasteiger charge is 2.37. The van der Waals surface area contributed by atoms with Crippen molar-refractivity contribution in [2.24, 2.45) is 0 Å². The molecule has 1 saturated heterocycles. The third kappa shape index (κ3) is 2.65. The molecular formula is C14H16FN3O3S. The van der Waals surface area contributed by atoms with Crippen molar-refractivity contribution in [3.05, 3.63) is 47.8 Å². The average Bonchev–Trinajstić information content (AvgIpc) is 2.94. The lowest BCUT2D eigenvalue weighted by molar-refractivity contribution is 0.0291. The van der Waals surface area contributed by atoms with Gasteiger partial charge in [-0.25, -0.2) is 17.8 Å². The van der Waals surface area contributed by atoms with Crippen LogP contribution in [-0.2, 0) is 14.8 Å². The van der Waals surface area contributed by atoms with Crippen LogP contribution in [0.1, 0.15) is 17.6 Å². The van der Waals surface area contributed by atoms with Gasteiger partial charge in [0.1, 0.15) is 22.6 Å². The Bertz CT molecular complexity index is 775. The molecule has 1 aromatic heterocycles. The van der Waals surface area contributed by atoms with E-state index in [0.29, 0.717) is 5.82 Å². The second-order valence-electron chi connectivity index (χ2n) is 5.09. The van der Waals surface area contributed by atoms with Gasteiger partial charge in [0, 0.05) is 18.4 Å². The minimum atomic E-state index is -3.96. The number of H-pyrrole nitrogens is 1. The summed E-state index contributed by atoms with van der Waals surface area (Å²) in [5, 5.41) is 0. The molecule has 0 unspecified atom stereocenters. The summed E-state index contributed by atoms with van der Waals surface area (Å²) in [6.45, 7) is 2.43. The molecule has 8 heteroatoms. The highest BCUT2D eigenvalue weighted by atomic mass is 32.2. The Morgan fingerprint density at radius 2 is 2.18 bits per heavy atom. The van der Waals surface area contributed by atoms with Crippen LogP contribution in [-0.4, -0.2) is 42.4 Å². The molecule has 0 saturated carbocycles. The number of benzene rings is 1. The molecule has 3 rings (SSSR count). The number of ether oxygens (including phenoxy) is 1. The first kappa shape index (κ1) is 15.1. The first-order valence-corrected chi connectivity index (χ1v) is 8.30. The molecule has 1 fully saturated rings. The Morgan fingerprint density at radius 1 is 1.41 bits per heavy atom. The van der Waals surface area contributed by atoms with Crippen molar-refractivity contribution in [3.63, 3.8) is 0 Å². The van der Waals surface area contributed by atoms with Gasteiger partial charge in [0.05, 0.1) is 13.2 Å². The standard InChI is InChI=1S/C14H16FN3O3S/c1-10-8-16-14(17-10)12-9-21-7-6-18(12)22(19,20)13-5-3-2-4-11(13)15/h2-5,8,12H,6-7,9H2,1H3,(H,16,17)/t12-/m1/s1. The first-order valence-electron chi connectivity index (χ1n) is 6.86. The number of nitrogens with zero attached hydrogens (tertiary/aromatic N) is 2. The topological polar surface area (TPSA) is 75.3 Å². The van der Waals surface area contributed by atoms with Crippen LogP contribution in [0.5, 0.6) is 0 Å². The van der Waals surface area contributed by atoms with Gasteiger partial charge in [-0.05, 0) is 19.1 Å². The van der Waals surface area contributed by atoms with Crippen LogP contribution >= 0.6 is 0 Å². The van der Waals surface area contributed by atoms with E-state index in [1.807, 2.05) is 6.92 Å². The van der Waals surface area contributed by atoms with Crippen molar-refractivity contribution in [2.75, 3.05) is 19.8 Å². The van der Waals surface area contributed by atoms with Crippen molar-refractivity contribution in [1.82, 2.24) is 14.3 Å². The van der Waals surface area contributed by atoms with E-state index in [0.717, 1.165) is 11.8 Å². The van der Waals surface area contributed by atoms with E-state index in [4.69, 9.17) is 4.74 Å². The lowest BCUT2D eigenvalue weighted by atomic mass is 10.2. The number of sulfonamides is 1. The van der Waals surface area contributed by atoms with E-state index in [1.165, 1.54) is 22.5 Å². The number of hydrogen-bond acceptors (Lipinski definition) is 4. The third-order valence-electron chi connectivity index (χ3n) is 3.54. The van der Waals surface area contributed by atoms with Crippen LogP contribution in [0.3, 0.4) is 0 Å². The van der Waals surface area contributed by atoms with Crippen LogP contribution < -0.4 is 0 Å². The summed E-state index contributed by atoms with van der Waals surface area (Å²) in [5.74, 6) is -0.263. The van der Waals surface area contributed by atoms with Crippen LogP contribution in [0.15, 0.2) is 35.4 Å². The number of morpholine rings is 1. The Morgan fingerprint density at radius 3 is 2.86 bits per heavy atom. The fourth-order valence-electron chi connectivity index (χ4n) is 2.47. The van der Waals surface area contributed by atoms with Crippen molar-refractivity contribution in [2.45, 2.75) is 17.9 Å². The zero-order chi connectivity index (χ0) is 15.7. The third-order valence-corrected chi connectivity index (χ3v) is 5.48. The lowest BCUT2D eigenvalue weighted by Gasteiger charge is -2.33. The molecule has 1 atom stereocenters. The van der Waals surface area contributed by atoms with Crippen molar-refractivity contribution in [1.29, 1.82) is 0 Å². The molecule has 0 aliphatic carbocycles. The number of aromatic nitrogens is 2. The predicted octanol–water partition coefficient (Wildman–Crippen LogP) is 1.62. The quantitative estimate of drug-likeness (QED) is 0.930. The fourth-order valence-corrected chi connectivity index (χ4v) is 4.10. The van der Waals surface area contributed by atoms with E-state index >= 15 is 0 Å². The van der Waals surface area contributed by atoms with Crippen molar-refractivity contribution >= 4 is 10.0 Å². The predicted molar refractivity (Wildman–Crippen MR) is 77.2 cm³/mol. The van der Waals surface area contributed by atoms with E-state index in [1.54, 1.807) is 6.20 Å². The molecule has 0 radical (unpaired) electrons. The Kier molecular flexibility index (Phi) is 3.98. The van der Waals surface area contributed by atoms with Gasteiger partial charge in [-0.2, -0.15) is 4.31 Å². The molecule has 6 nitrogen and oxygen atoms in total. The van der Waals surface area contributed by atoms with Gasteiger partial charge in [-0.3, -0.25) is 0 Å². The highest BCUT2D eigenvalue weighted by molar-refractivity contribution is 7.89. The molecule has 2 aromatic rings. The molecule has 118 valence electrons. The van der Waals surface area contributed by atoms with Crippen LogP contribution in [0.4, 0.5) is 4.39 Å². The zero-order valence-electron chi connectivity index (χ0n) is 12.0. The van der Waals surface area contributed by atoms with Crippen LogP contribution in [0.2, 0.25) is 0 Å². The number of rotatable bonds is 3. The highest BCUT2D eigenvalue weighted by Crippen LogP contribution is 2.29. The molecule has 0 spiro atoms. The monoisotopic (exact) mass is 325 g/mol. The van der Waals surface area contributed by atoms with Gasteiger partial charge < -0.3 is 9.72 Å². The van der Waals surface area contributed by atoms with E-state index in [9.17, 15) is 12.8 Å². The molecule has 0 amide bonds. The lowest BCUT2D eigenvalue weighted by Crippen LogP contribution is -2.44.